The maximum atomic E-state index is 12.7. The third-order valence-electron chi connectivity index (χ3n) is 6.81. The van der Waals surface area contributed by atoms with Crippen LogP contribution in [-0.2, 0) is 28.6 Å². The first-order valence-corrected chi connectivity index (χ1v) is 9.68. The number of hydrogen-bond donors (Lipinski definition) is 1. The van der Waals surface area contributed by atoms with Crippen LogP contribution in [0.2, 0.25) is 0 Å². The van der Waals surface area contributed by atoms with E-state index in [9.17, 15) is 32.7 Å². The second-order valence-electron chi connectivity index (χ2n) is 9.07. The average molecular weight is 434 g/mol. The second-order valence-corrected chi connectivity index (χ2v) is 9.07. The largest absolute Gasteiger partial charge is 0.456 e. The number of hydrogen-bond acceptors (Lipinski definition) is 7. The van der Waals surface area contributed by atoms with E-state index in [4.69, 9.17) is 9.47 Å². The maximum absolute atomic E-state index is 12.7. The molecule has 0 aromatic carbocycles. The Morgan fingerprint density at radius 3 is 2.33 bits per heavy atom. The molecule has 4 bridgehead atoms. The van der Waals surface area contributed by atoms with Gasteiger partial charge in [0.15, 0.2) is 6.61 Å². The van der Waals surface area contributed by atoms with Crippen molar-refractivity contribution in [2.45, 2.75) is 69.4 Å². The molecule has 0 aliphatic heterocycles. The molecule has 6 atom stereocenters. The summed E-state index contributed by atoms with van der Waals surface area (Å²) in [6, 6.07) is 0. The highest BCUT2D eigenvalue weighted by molar-refractivity contribution is 5.87. The molecule has 0 heterocycles. The van der Waals surface area contributed by atoms with Gasteiger partial charge in [0.2, 0.25) is 0 Å². The summed E-state index contributed by atoms with van der Waals surface area (Å²) < 4.78 is 53.6. The second kappa shape index (κ2) is 6.96. The van der Waals surface area contributed by atoms with Gasteiger partial charge < -0.3 is 19.3 Å². The van der Waals surface area contributed by atoms with E-state index in [2.05, 4.69) is 11.3 Å². The van der Waals surface area contributed by atoms with Crippen LogP contribution in [0.1, 0.15) is 46.5 Å². The summed E-state index contributed by atoms with van der Waals surface area (Å²) in [6.07, 6.45) is -2.78. The van der Waals surface area contributed by atoms with Crippen molar-refractivity contribution < 1.29 is 46.9 Å². The van der Waals surface area contributed by atoms with Gasteiger partial charge in [0.05, 0.1) is 0 Å². The molecule has 0 aromatic rings. The molecule has 0 aromatic heterocycles. The Morgan fingerprint density at radius 2 is 1.80 bits per heavy atom. The maximum Gasteiger partial charge on any atom is 0.427 e. The Hall–Kier alpha value is -2.10. The standard InChI is InChI=1S/C20H25F3O7/c1-10(2)15(25)30-19-6-11-5-12(7-19)17(3,13(11)8-19)29-14(24)9-28-16(26)18(4,27)20(21,22)23/h11-13,27H,1,5-9H2,2-4H3. The Bertz CT molecular complexity index is 786. The first-order valence-electron chi connectivity index (χ1n) is 9.68. The number of halogens is 3. The summed E-state index contributed by atoms with van der Waals surface area (Å²) in [4.78, 5) is 35.8. The molecule has 0 spiro atoms. The zero-order valence-electron chi connectivity index (χ0n) is 17.0. The van der Waals surface area contributed by atoms with Gasteiger partial charge in [0.1, 0.15) is 11.2 Å². The molecule has 1 N–H and O–H groups in total. The highest BCUT2D eigenvalue weighted by Gasteiger charge is 2.69. The van der Waals surface area contributed by atoms with Crippen LogP contribution in [0, 0.1) is 17.8 Å². The zero-order chi connectivity index (χ0) is 22.7. The lowest BCUT2D eigenvalue weighted by Gasteiger charge is -2.46. The first kappa shape index (κ1) is 22.6. The molecule has 30 heavy (non-hydrogen) atoms. The molecule has 4 rings (SSSR count). The Kier molecular flexibility index (Phi) is 5.24. The van der Waals surface area contributed by atoms with E-state index < -0.39 is 47.5 Å². The van der Waals surface area contributed by atoms with Crippen LogP contribution in [0.5, 0.6) is 0 Å². The number of carbonyl (C=O) groups excluding carboxylic acids is 3. The van der Waals surface area contributed by atoms with Crippen LogP contribution in [0.15, 0.2) is 12.2 Å². The summed E-state index contributed by atoms with van der Waals surface area (Å²) in [5.41, 5.74) is -4.92. The van der Waals surface area contributed by atoms with Crippen LogP contribution in [0.25, 0.3) is 0 Å². The zero-order valence-corrected chi connectivity index (χ0v) is 17.0. The van der Waals surface area contributed by atoms with Gasteiger partial charge in [-0.3, -0.25) is 0 Å². The molecule has 10 heteroatoms. The van der Waals surface area contributed by atoms with Gasteiger partial charge in [0.25, 0.3) is 5.60 Å². The minimum absolute atomic E-state index is 0.0768. The van der Waals surface area contributed by atoms with Gasteiger partial charge in [-0.2, -0.15) is 13.2 Å². The third kappa shape index (κ3) is 3.59. The van der Waals surface area contributed by atoms with Gasteiger partial charge in [0, 0.05) is 17.4 Å². The highest BCUT2D eigenvalue weighted by atomic mass is 19.4. The lowest BCUT2D eigenvalue weighted by atomic mass is 9.70. The first-order chi connectivity index (χ1) is 13.6. The quantitative estimate of drug-likeness (QED) is 0.389. The van der Waals surface area contributed by atoms with Gasteiger partial charge in [-0.15, -0.1) is 0 Å². The average Bonchev–Trinajstić information content (AvgIpc) is 2.97. The minimum atomic E-state index is -5.24. The van der Waals surface area contributed by atoms with E-state index in [1.54, 1.807) is 13.8 Å². The highest BCUT2D eigenvalue weighted by Crippen LogP contribution is 2.66. The van der Waals surface area contributed by atoms with Gasteiger partial charge in [-0.25, -0.2) is 14.4 Å². The molecule has 168 valence electrons. The summed E-state index contributed by atoms with van der Waals surface area (Å²) in [6.45, 7) is 6.12. The molecular formula is C20H25F3O7. The number of alkyl halides is 3. The van der Waals surface area contributed by atoms with E-state index in [-0.39, 0.29) is 24.7 Å². The van der Waals surface area contributed by atoms with Crippen molar-refractivity contribution in [3.05, 3.63) is 12.2 Å². The molecule has 4 fully saturated rings. The van der Waals surface area contributed by atoms with Gasteiger partial charge in [-0.1, -0.05) is 6.58 Å². The number of rotatable bonds is 6. The molecule has 0 amide bonds. The van der Waals surface area contributed by atoms with Crippen LogP contribution in [0.3, 0.4) is 0 Å². The monoisotopic (exact) mass is 434 g/mol. The summed E-state index contributed by atoms with van der Waals surface area (Å²) in [5, 5.41) is 9.28. The van der Waals surface area contributed by atoms with Crippen LogP contribution < -0.4 is 0 Å². The fraction of sp³-hybridized carbons (Fsp3) is 0.750. The summed E-state index contributed by atoms with van der Waals surface area (Å²) >= 11 is 0. The molecule has 0 radical (unpaired) electrons. The fourth-order valence-electron chi connectivity index (χ4n) is 5.22. The van der Waals surface area contributed by atoms with E-state index >= 15 is 0 Å². The van der Waals surface area contributed by atoms with Crippen molar-refractivity contribution in [3.8, 4) is 0 Å². The Morgan fingerprint density at radius 1 is 1.17 bits per heavy atom. The molecule has 4 aliphatic carbocycles. The predicted octanol–water partition coefficient (Wildman–Crippen LogP) is 2.45. The van der Waals surface area contributed by atoms with Crippen molar-refractivity contribution in [1.82, 2.24) is 0 Å². The number of carbonyl (C=O) groups is 3. The molecule has 4 aliphatic rings. The SMILES string of the molecule is C=C(C)C(=O)OC12CC3CC(C1)C(C)(OC(=O)COC(=O)C(C)(O)C(F)(F)F)C3C2. The Balaban J connectivity index is 1.61. The van der Waals surface area contributed by atoms with E-state index in [0.717, 1.165) is 6.42 Å². The summed E-state index contributed by atoms with van der Waals surface area (Å²) in [7, 11) is 0. The van der Waals surface area contributed by atoms with Crippen molar-refractivity contribution >= 4 is 17.9 Å². The molecule has 4 saturated carbocycles. The van der Waals surface area contributed by atoms with Crippen LogP contribution in [0.4, 0.5) is 13.2 Å². The van der Waals surface area contributed by atoms with Crippen LogP contribution >= 0.6 is 0 Å². The number of aliphatic hydroxyl groups is 1. The molecule has 7 nitrogen and oxygen atoms in total. The van der Waals surface area contributed by atoms with E-state index in [1.165, 1.54) is 0 Å². The molecule has 0 saturated heterocycles. The lowest BCUT2D eigenvalue weighted by molar-refractivity contribution is -0.257. The van der Waals surface area contributed by atoms with E-state index in [0.29, 0.717) is 24.8 Å². The van der Waals surface area contributed by atoms with Crippen molar-refractivity contribution in [2.24, 2.45) is 17.8 Å². The van der Waals surface area contributed by atoms with E-state index in [1.807, 2.05) is 0 Å². The molecule has 6 unspecified atom stereocenters. The third-order valence-corrected chi connectivity index (χ3v) is 6.81. The molecular weight excluding hydrogens is 409 g/mol. The summed E-state index contributed by atoms with van der Waals surface area (Å²) in [5.74, 6) is -3.41. The Labute approximate surface area is 171 Å². The number of ether oxygens (including phenoxy) is 3. The predicted molar refractivity (Wildman–Crippen MR) is 94.7 cm³/mol. The fourth-order valence-corrected chi connectivity index (χ4v) is 5.22. The van der Waals surface area contributed by atoms with Gasteiger partial charge in [-0.05, 0) is 52.4 Å². The van der Waals surface area contributed by atoms with Crippen molar-refractivity contribution in [3.63, 3.8) is 0 Å². The number of esters is 3. The normalized spacial score (nSPS) is 36.2. The van der Waals surface area contributed by atoms with Crippen molar-refractivity contribution in [1.29, 1.82) is 0 Å². The van der Waals surface area contributed by atoms with Crippen LogP contribution in [-0.4, -0.2) is 52.6 Å². The van der Waals surface area contributed by atoms with Crippen molar-refractivity contribution in [2.75, 3.05) is 6.61 Å². The smallest absolute Gasteiger partial charge is 0.427 e. The van der Waals surface area contributed by atoms with Gasteiger partial charge >= 0.3 is 24.1 Å². The minimum Gasteiger partial charge on any atom is -0.456 e. The topological polar surface area (TPSA) is 99.1 Å². The lowest BCUT2D eigenvalue weighted by Crippen LogP contribution is -2.52.